The molecule has 7 heteroatoms. The first-order valence-corrected chi connectivity index (χ1v) is 9.53. The number of para-hydroxylation sites is 2. The summed E-state index contributed by atoms with van der Waals surface area (Å²) in [6.07, 6.45) is 1.99. The van der Waals surface area contributed by atoms with Gasteiger partial charge in [0.15, 0.2) is 0 Å². The number of fused-ring (bicyclic) bond motifs is 1. The Kier molecular flexibility index (Phi) is 7.90. The summed E-state index contributed by atoms with van der Waals surface area (Å²) in [5.74, 6) is 0.648. The topological polar surface area (TPSA) is 45.2 Å². The van der Waals surface area contributed by atoms with Gasteiger partial charge in [0.2, 0.25) is 5.91 Å². The molecule has 144 valence electrons. The average molecular weight is 424 g/mol. The number of hydrogen-bond acceptors (Lipinski definition) is 4. The molecule has 3 aromatic rings. The predicted molar refractivity (Wildman–Crippen MR) is 118 cm³/mol. The molecule has 27 heavy (non-hydrogen) atoms. The number of carbonyl (C=O) groups excluding carboxylic acids is 1. The van der Waals surface area contributed by atoms with E-state index in [1.807, 2.05) is 41.3 Å². The van der Waals surface area contributed by atoms with Crippen LogP contribution < -0.4 is 5.32 Å². The highest BCUT2D eigenvalue weighted by Crippen LogP contribution is 2.33. The summed E-state index contributed by atoms with van der Waals surface area (Å²) in [4.78, 5) is 19.2. The van der Waals surface area contributed by atoms with Crippen LogP contribution in [0.15, 0.2) is 54.6 Å². The molecule has 4 nitrogen and oxygen atoms in total. The fourth-order valence-electron chi connectivity index (χ4n) is 3.29. The molecule has 1 amide bonds. The highest BCUT2D eigenvalue weighted by molar-refractivity contribution is 7.18. The maximum Gasteiger partial charge on any atom is 0.241 e. The molecule has 0 bridgehead atoms. The Balaban J connectivity index is 0.00000131. The van der Waals surface area contributed by atoms with Gasteiger partial charge in [-0.2, -0.15) is 0 Å². The number of amides is 1. The number of halogens is 2. The zero-order valence-corrected chi connectivity index (χ0v) is 17.3. The summed E-state index contributed by atoms with van der Waals surface area (Å²) in [5, 5.41) is 4.42. The summed E-state index contributed by atoms with van der Waals surface area (Å²) < 4.78 is 1.25. The van der Waals surface area contributed by atoms with Crippen LogP contribution in [-0.2, 0) is 4.79 Å². The number of piperidine rings is 1. The van der Waals surface area contributed by atoms with Gasteiger partial charge in [0.25, 0.3) is 0 Å². The normalized spacial score (nSPS) is 14.3. The van der Waals surface area contributed by atoms with Crippen LogP contribution in [0.5, 0.6) is 0 Å². The molecule has 1 aliphatic rings. The third kappa shape index (κ3) is 5.12. The lowest BCUT2D eigenvalue weighted by Gasteiger charge is -2.31. The fraction of sp³-hybridized carbons (Fsp3) is 0.300. The SMILES string of the molecule is Cl.Cl.O=C(CNc1ccccc1)N1CCC(c2nc3ccccc3s2)CC1. The van der Waals surface area contributed by atoms with E-state index in [0.717, 1.165) is 37.1 Å². The van der Waals surface area contributed by atoms with Crippen LogP contribution in [0, 0.1) is 0 Å². The zero-order valence-electron chi connectivity index (χ0n) is 14.8. The molecule has 1 aliphatic heterocycles. The first kappa shape index (κ1) is 21.5. The number of thiazole rings is 1. The zero-order chi connectivity index (χ0) is 17.1. The van der Waals surface area contributed by atoms with E-state index in [0.29, 0.717) is 12.5 Å². The monoisotopic (exact) mass is 423 g/mol. The minimum absolute atomic E-state index is 0. The smallest absolute Gasteiger partial charge is 0.241 e. The van der Waals surface area contributed by atoms with Crippen molar-refractivity contribution in [2.24, 2.45) is 0 Å². The molecule has 1 N–H and O–H groups in total. The second-order valence-corrected chi connectivity index (χ2v) is 7.46. The predicted octanol–water partition coefficient (Wildman–Crippen LogP) is 4.96. The van der Waals surface area contributed by atoms with Gasteiger partial charge in [0.05, 0.1) is 21.8 Å². The Hall–Kier alpha value is -1.82. The molecule has 2 aromatic carbocycles. The van der Waals surface area contributed by atoms with E-state index in [9.17, 15) is 4.79 Å². The first-order valence-electron chi connectivity index (χ1n) is 8.72. The van der Waals surface area contributed by atoms with Gasteiger partial charge in [0, 0.05) is 24.7 Å². The quantitative estimate of drug-likeness (QED) is 0.644. The van der Waals surface area contributed by atoms with Crippen molar-refractivity contribution in [3.8, 4) is 0 Å². The number of benzene rings is 2. The molecule has 0 unspecified atom stereocenters. The minimum atomic E-state index is 0. The lowest BCUT2D eigenvalue weighted by Crippen LogP contribution is -2.40. The molecule has 4 rings (SSSR count). The lowest BCUT2D eigenvalue weighted by atomic mass is 9.97. The number of nitrogens with one attached hydrogen (secondary N) is 1. The van der Waals surface area contributed by atoms with Gasteiger partial charge in [-0.3, -0.25) is 4.79 Å². The summed E-state index contributed by atoms with van der Waals surface area (Å²) in [5.41, 5.74) is 2.08. The van der Waals surface area contributed by atoms with Crippen LogP contribution in [-0.4, -0.2) is 35.4 Å². The molecule has 1 saturated heterocycles. The fourth-order valence-corrected chi connectivity index (χ4v) is 4.42. The van der Waals surface area contributed by atoms with Gasteiger partial charge < -0.3 is 10.2 Å². The molecule has 0 radical (unpaired) electrons. The van der Waals surface area contributed by atoms with Gasteiger partial charge in [-0.25, -0.2) is 4.98 Å². The average Bonchev–Trinajstić information content (AvgIpc) is 3.11. The molecule has 1 aromatic heterocycles. The summed E-state index contributed by atoms with van der Waals surface area (Å²) in [6.45, 7) is 1.99. The maximum atomic E-state index is 12.4. The molecule has 0 atom stereocenters. The van der Waals surface area contributed by atoms with Gasteiger partial charge in [-0.05, 0) is 37.1 Å². The molecule has 0 aliphatic carbocycles. The largest absolute Gasteiger partial charge is 0.376 e. The van der Waals surface area contributed by atoms with Gasteiger partial charge >= 0.3 is 0 Å². The van der Waals surface area contributed by atoms with E-state index in [-0.39, 0.29) is 30.7 Å². The summed E-state index contributed by atoms with van der Waals surface area (Å²) >= 11 is 1.79. The van der Waals surface area contributed by atoms with E-state index in [2.05, 4.69) is 23.5 Å². The Morgan fingerprint density at radius 3 is 2.41 bits per heavy atom. The third-order valence-electron chi connectivity index (χ3n) is 4.72. The number of anilines is 1. The highest BCUT2D eigenvalue weighted by Gasteiger charge is 2.25. The van der Waals surface area contributed by atoms with Crippen LogP contribution >= 0.6 is 36.2 Å². The van der Waals surface area contributed by atoms with Crippen molar-refractivity contribution >= 4 is 58.0 Å². The summed E-state index contributed by atoms with van der Waals surface area (Å²) in [7, 11) is 0. The Bertz CT molecular complexity index is 831. The van der Waals surface area contributed by atoms with Crippen molar-refractivity contribution in [3.63, 3.8) is 0 Å². The van der Waals surface area contributed by atoms with E-state index in [1.165, 1.54) is 9.71 Å². The molecule has 1 fully saturated rings. The molecule has 2 heterocycles. The van der Waals surface area contributed by atoms with Crippen molar-refractivity contribution in [1.82, 2.24) is 9.88 Å². The second kappa shape index (κ2) is 9.93. The molecular weight excluding hydrogens is 401 g/mol. The molecule has 0 spiro atoms. The Morgan fingerprint density at radius 2 is 1.70 bits per heavy atom. The maximum absolute atomic E-state index is 12.4. The number of hydrogen-bond donors (Lipinski definition) is 1. The van der Waals surface area contributed by atoms with Crippen molar-refractivity contribution in [1.29, 1.82) is 0 Å². The Labute approximate surface area is 175 Å². The van der Waals surface area contributed by atoms with Crippen molar-refractivity contribution in [2.75, 3.05) is 25.0 Å². The van der Waals surface area contributed by atoms with E-state index in [4.69, 9.17) is 4.98 Å². The lowest BCUT2D eigenvalue weighted by molar-refractivity contribution is -0.130. The van der Waals surface area contributed by atoms with Crippen LogP contribution in [0.3, 0.4) is 0 Å². The standard InChI is InChI=1S/C20H21N3OS.2ClH/c24-19(14-21-16-6-2-1-3-7-16)23-12-10-15(11-13-23)20-22-17-8-4-5-9-18(17)25-20;;/h1-9,15,21H,10-14H2;2*1H. The van der Waals surface area contributed by atoms with Crippen molar-refractivity contribution in [3.05, 3.63) is 59.6 Å². The number of nitrogens with zero attached hydrogens (tertiary/aromatic N) is 2. The second-order valence-electron chi connectivity index (χ2n) is 6.39. The number of carbonyl (C=O) groups is 1. The van der Waals surface area contributed by atoms with Crippen molar-refractivity contribution < 1.29 is 4.79 Å². The number of aromatic nitrogens is 1. The van der Waals surface area contributed by atoms with Gasteiger partial charge in [-0.1, -0.05) is 30.3 Å². The first-order chi connectivity index (χ1) is 12.3. The third-order valence-corrected chi connectivity index (χ3v) is 5.92. The van der Waals surface area contributed by atoms with Crippen molar-refractivity contribution in [2.45, 2.75) is 18.8 Å². The number of rotatable bonds is 4. The highest BCUT2D eigenvalue weighted by atomic mass is 35.5. The molecule has 0 saturated carbocycles. The van der Waals surface area contributed by atoms with Gasteiger partial charge in [0.1, 0.15) is 0 Å². The van der Waals surface area contributed by atoms with E-state index >= 15 is 0 Å². The van der Waals surface area contributed by atoms with E-state index < -0.39 is 0 Å². The van der Waals surface area contributed by atoms with Crippen LogP contribution in [0.2, 0.25) is 0 Å². The van der Waals surface area contributed by atoms with Crippen LogP contribution in [0.4, 0.5) is 5.69 Å². The molecular formula is C20H23Cl2N3OS. The van der Waals surface area contributed by atoms with Gasteiger partial charge in [-0.15, -0.1) is 36.2 Å². The van der Waals surface area contributed by atoms with Crippen LogP contribution in [0.1, 0.15) is 23.8 Å². The number of likely N-dealkylation sites (tertiary alicyclic amines) is 1. The summed E-state index contributed by atoms with van der Waals surface area (Å²) in [6, 6.07) is 18.2. The van der Waals surface area contributed by atoms with E-state index in [1.54, 1.807) is 11.3 Å². The minimum Gasteiger partial charge on any atom is -0.376 e. The van der Waals surface area contributed by atoms with Crippen LogP contribution in [0.25, 0.3) is 10.2 Å². The Morgan fingerprint density at radius 1 is 1.04 bits per heavy atom.